The summed E-state index contributed by atoms with van der Waals surface area (Å²) in [6.07, 6.45) is -20.8. The van der Waals surface area contributed by atoms with Gasteiger partial charge in [0.15, 0.2) is 12.6 Å². The van der Waals surface area contributed by atoms with Crippen LogP contribution in [0.25, 0.3) is 0 Å². The molecule has 0 radical (unpaired) electrons. The molecular weight excluding hydrogens is 865 g/mol. The van der Waals surface area contributed by atoms with Crippen LogP contribution in [0.2, 0.25) is 0 Å². The van der Waals surface area contributed by atoms with Crippen LogP contribution in [0.5, 0.6) is 0 Å². The molecule has 18 heteroatoms. The normalized spacial score (nSPS) is 58.6. The highest BCUT2D eigenvalue weighted by Gasteiger charge is 2.73. The summed E-state index contributed by atoms with van der Waals surface area (Å²) in [6.45, 7) is 18.5. The summed E-state index contributed by atoms with van der Waals surface area (Å²) in [4.78, 5) is 0. The van der Waals surface area contributed by atoms with Crippen molar-refractivity contribution in [3.8, 4) is 0 Å². The third kappa shape index (κ3) is 7.81. The van der Waals surface area contributed by atoms with Crippen LogP contribution in [0.3, 0.4) is 0 Å². The van der Waals surface area contributed by atoms with Crippen molar-refractivity contribution in [2.24, 2.45) is 57.7 Å². The Hall–Kier alpha value is -0.720. The molecule has 4 saturated heterocycles. The second kappa shape index (κ2) is 17.5. The Morgan fingerprint density at radius 2 is 1.18 bits per heavy atom. The number of ether oxygens (including phenoxy) is 6. The summed E-state index contributed by atoms with van der Waals surface area (Å²) in [5.41, 5.74) is -3.54. The topological polar surface area (TPSA) is 298 Å². The maximum Gasteiger partial charge on any atom is 0.204 e. The van der Waals surface area contributed by atoms with Gasteiger partial charge in [0.2, 0.25) is 5.79 Å². The van der Waals surface area contributed by atoms with Gasteiger partial charge in [-0.1, -0.05) is 34.6 Å². The number of hydrogen-bond donors (Lipinski definition) is 12. The van der Waals surface area contributed by atoms with Crippen molar-refractivity contribution in [2.45, 2.75) is 235 Å². The van der Waals surface area contributed by atoms with Gasteiger partial charge in [0.25, 0.3) is 0 Å². The van der Waals surface area contributed by atoms with Crippen molar-refractivity contribution in [1.29, 1.82) is 0 Å². The molecule has 0 amide bonds. The van der Waals surface area contributed by atoms with Crippen molar-refractivity contribution in [2.75, 3.05) is 6.61 Å². The monoisotopic (exact) mass is 947 g/mol. The molecule has 0 bridgehead atoms. The predicted octanol–water partition coefficient (Wildman–Crippen LogP) is -0.340. The molecule has 8 aliphatic rings. The first-order valence-electron chi connectivity index (χ1n) is 24.6. The van der Waals surface area contributed by atoms with E-state index in [0.717, 1.165) is 19.3 Å². The Balaban J connectivity index is 1.17. The molecule has 7 unspecified atom stereocenters. The summed E-state index contributed by atoms with van der Waals surface area (Å²) in [5, 5.41) is 135. The third-order valence-corrected chi connectivity index (χ3v) is 19.3. The molecule has 28 atom stereocenters. The van der Waals surface area contributed by atoms with Crippen LogP contribution in [0.1, 0.15) is 114 Å². The van der Waals surface area contributed by atoms with E-state index in [2.05, 4.69) is 34.6 Å². The predicted molar refractivity (Wildman–Crippen MR) is 231 cm³/mol. The molecule has 8 fully saturated rings. The van der Waals surface area contributed by atoms with Crippen LogP contribution in [-0.2, 0) is 28.4 Å². The van der Waals surface area contributed by atoms with Crippen molar-refractivity contribution < 1.29 is 89.7 Å². The van der Waals surface area contributed by atoms with Crippen LogP contribution in [0.4, 0.5) is 0 Å². The number of rotatable bonds is 8. The first kappa shape index (κ1) is 51.6. The molecule has 4 aliphatic carbocycles. The smallest absolute Gasteiger partial charge is 0.204 e. The van der Waals surface area contributed by atoms with E-state index in [1.165, 1.54) is 13.8 Å². The van der Waals surface area contributed by atoms with Gasteiger partial charge in [0.1, 0.15) is 67.1 Å². The Labute approximate surface area is 388 Å². The van der Waals surface area contributed by atoms with E-state index in [9.17, 15) is 61.3 Å². The molecule has 0 aromatic rings. The molecule has 0 aromatic heterocycles. The highest BCUT2D eigenvalue weighted by molar-refractivity contribution is 5.20. The molecule has 4 heterocycles. The van der Waals surface area contributed by atoms with E-state index >= 15 is 0 Å². The summed E-state index contributed by atoms with van der Waals surface area (Å²) in [5.74, 6) is -3.09. The number of aliphatic hydroxyl groups excluding tert-OH is 11. The summed E-state index contributed by atoms with van der Waals surface area (Å²) >= 11 is 0. The van der Waals surface area contributed by atoms with Crippen molar-refractivity contribution in [1.82, 2.24) is 0 Å². The summed E-state index contributed by atoms with van der Waals surface area (Å²) < 4.78 is 38.6. The van der Waals surface area contributed by atoms with Crippen LogP contribution in [0.15, 0.2) is 0 Å². The second-order valence-electron chi connectivity index (χ2n) is 24.2. The van der Waals surface area contributed by atoms with E-state index in [0.29, 0.717) is 25.7 Å². The molecule has 66 heavy (non-hydrogen) atoms. The van der Waals surface area contributed by atoms with Gasteiger partial charge in [-0.05, 0) is 125 Å². The van der Waals surface area contributed by atoms with Crippen LogP contribution >= 0.6 is 0 Å². The SMILES string of the molecule is CC1CC2C(C[C@H](O)C3C([C@]4(C)C[C@H](O)[C@@H](C(C)(C)O)O4)CC[C@]23C)[C@@]2(C)CCC([C@]3(O[C@@H]4O[C@@H](C)[C@H](O)[C@@H](O)[C@H]4O)O[C@H](CO)[C@@H](O)[C@H](O)[C@H]3O[C@@H]3O[C@@H](C)[C@H](O)[C@@H](O)[C@H]3O)C(C)(C)C12. The molecule has 18 nitrogen and oxygen atoms in total. The van der Waals surface area contributed by atoms with Gasteiger partial charge < -0.3 is 89.7 Å². The quantitative estimate of drug-likeness (QED) is 0.148. The average molecular weight is 947 g/mol. The van der Waals surface area contributed by atoms with Crippen molar-refractivity contribution in [3.63, 3.8) is 0 Å². The zero-order valence-electron chi connectivity index (χ0n) is 40.3. The maximum absolute atomic E-state index is 12.5. The molecule has 4 saturated carbocycles. The van der Waals surface area contributed by atoms with E-state index in [4.69, 9.17) is 28.4 Å². The Morgan fingerprint density at radius 1 is 0.621 bits per heavy atom. The Bertz CT molecular complexity index is 1730. The molecular formula is C48H82O18. The Morgan fingerprint density at radius 3 is 1.76 bits per heavy atom. The molecule has 4 aliphatic heterocycles. The van der Waals surface area contributed by atoms with Crippen LogP contribution < -0.4 is 0 Å². The van der Waals surface area contributed by atoms with Gasteiger partial charge in [0, 0.05) is 12.3 Å². The lowest BCUT2D eigenvalue weighted by Gasteiger charge is -2.70. The molecule has 0 spiro atoms. The largest absolute Gasteiger partial charge is 0.394 e. The average Bonchev–Trinajstić information content (AvgIpc) is 3.77. The van der Waals surface area contributed by atoms with E-state index in [1.54, 1.807) is 13.8 Å². The fraction of sp³-hybridized carbons (Fsp3) is 1.00. The lowest BCUT2D eigenvalue weighted by Crippen LogP contribution is -2.76. The second-order valence-corrected chi connectivity index (χ2v) is 24.2. The summed E-state index contributed by atoms with van der Waals surface area (Å²) in [6, 6.07) is 0. The third-order valence-electron chi connectivity index (χ3n) is 19.3. The van der Waals surface area contributed by atoms with Gasteiger partial charge in [-0.3, -0.25) is 0 Å². The molecule has 8 rings (SSSR count). The van der Waals surface area contributed by atoms with E-state index < -0.39 is 144 Å². The minimum absolute atomic E-state index is 0.0409. The van der Waals surface area contributed by atoms with Crippen molar-refractivity contribution in [3.05, 3.63) is 0 Å². The van der Waals surface area contributed by atoms with Crippen molar-refractivity contribution >= 4 is 0 Å². The number of hydrogen-bond acceptors (Lipinski definition) is 18. The molecule has 12 N–H and O–H groups in total. The Kier molecular flexibility index (Phi) is 13.7. The fourth-order valence-corrected chi connectivity index (χ4v) is 16.5. The highest BCUT2D eigenvalue weighted by Crippen LogP contribution is 2.74. The zero-order valence-corrected chi connectivity index (χ0v) is 40.3. The number of aliphatic hydroxyl groups is 12. The summed E-state index contributed by atoms with van der Waals surface area (Å²) in [7, 11) is 0. The first-order valence-corrected chi connectivity index (χ1v) is 24.6. The van der Waals surface area contributed by atoms with Gasteiger partial charge in [-0.15, -0.1) is 0 Å². The maximum atomic E-state index is 12.5. The minimum Gasteiger partial charge on any atom is -0.394 e. The van der Waals surface area contributed by atoms with Crippen LogP contribution in [-0.4, -0.2) is 189 Å². The molecule has 382 valence electrons. The van der Waals surface area contributed by atoms with E-state index in [1.807, 2.05) is 6.92 Å². The number of fused-ring (bicyclic) bond motifs is 5. The lowest BCUT2D eigenvalue weighted by atomic mass is 9.36. The first-order chi connectivity index (χ1) is 30.5. The van der Waals surface area contributed by atoms with Gasteiger partial charge in [0.05, 0.1) is 42.2 Å². The minimum atomic E-state index is -2.27. The van der Waals surface area contributed by atoms with Gasteiger partial charge in [-0.25, -0.2) is 0 Å². The highest BCUT2D eigenvalue weighted by atomic mass is 16.8. The standard InChI is InChI=1S/C48H82O18/c1-19-15-23-24(16-25(50)29-22(11-13-45(23,29)8)47(10)17-26(51)39(65-47)44(6,7)60)46(9)14-12-28(43(4,5)38(19)46)48(66-42-37(59)34(56)31(53)21(3)62-42)40(35(57)32(54)27(18-49)64-48)63-41-36(58)33(55)30(52)20(2)61-41/h19-42,49-60H,11-18H2,1-10H3/t19?,20-,21-,22?,23?,24?,25-,26-,27+,28?,29?,30-,31-,32+,33+,34+,35-,36+,37+,38?,39-,40+,41-,42-,45+,46+,47-,48+/m0/s1. The fourth-order valence-electron chi connectivity index (χ4n) is 16.5. The van der Waals surface area contributed by atoms with Gasteiger partial charge >= 0.3 is 0 Å². The van der Waals surface area contributed by atoms with Gasteiger partial charge in [-0.2, -0.15) is 0 Å². The lowest BCUT2D eigenvalue weighted by molar-refractivity contribution is -0.464. The van der Waals surface area contributed by atoms with Crippen LogP contribution in [0, 0.1) is 57.7 Å². The van der Waals surface area contributed by atoms with E-state index in [-0.39, 0.29) is 40.9 Å². The zero-order chi connectivity index (χ0) is 48.8. The molecule has 0 aromatic carbocycles.